The van der Waals surface area contributed by atoms with E-state index in [4.69, 9.17) is 16.7 Å². The van der Waals surface area contributed by atoms with Crippen molar-refractivity contribution in [2.24, 2.45) is 4.99 Å². The van der Waals surface area contributed by atoms with E-state index in [0.29, 0.717) is 27.4 Å². The molecule has 0 spiro atoms. The van der Waals surface area contributed by atoms with Crippen molar-refractivity contribution in [1.29, 1.82) is 0 Å². The molecule has 0 bridgehead atoms. The van der Waals surface area contributed by atoms with Crippen LogP contribution >= 0.6 is 11.6 Å². The molecule has 5 nitrogen and oxygen atoms in total. The molecule has 114 valence electrons. The minimum absolute atomic E-state index is 0.200. The second kappa shape index (κ2) is 6.07. The van der Waals surface area contributed by atoms with E-state index >= 15 is 0 Å². The number of rotatable bonds is 3. The van der Waals surface area contributed by atoms with Gasteiger partial charge in [-0.15, -0.1) is 0 Å². The first kappa shape index (κ1) is 15.9. The molecule has 0 saturated carbocycles. The largest absolute Gasteiger partial charge is 0.872 e. The quantitative estimate of drug-likeness (QED) is 0.850. The van der Waals surface area contributed by atoms with Gasteiger partial charge in [-0.2, -0.15) is 0 Å². The zero-order valence-electron chi connectivity index (χ0n) is 11.9. The van der Waals surface area contributed by atoms with Gasteiger partial charge in [0, 0.05) is 17.3 Å². The topological polar surface area (TPSA) is 93.0 Å². The molecule has 0 atom stereocenters. The van der Waals surface area contributed by atoms with Crippen LogP contribution in [0, 0.1) is 13.8 Å². The molecule has 0 aromatic heterocycles. The van der Waals surface area contributed by atoms with Crippen molar-refractivity contribution in [3.63, 3.8) is 0 Å². The Morgan fingerprint density at radius 1 is 1.32 bits per heavy atom. The van der Waals surface area contributed by atoms with Crippen molar-refractivity contribution in [2.45, 2.75) is 13.8 Å². The van der Waals surface area contributed by atoms with Crippen LogP contribution in [0.4, 0.5) is 5.69 Å². The molecule has 0 aliphatic carbocycles. The number of hydrogen-bond donors (Lipinski definition) is 2. The minimum Gasteiger partial charge on any atom is -0.872 e. The molecule has 2 N–H and O–H groups in total. The summed E-state index contributed by atoms with van der Waals surface area (Å²) in [4.78, 5) is 14.9. The number of phenols is 1. The molecular formula is C16H13ClNO4-. The molecule has 0 amide bonds. The summed E-state index contributed by atoms with van der Waals surface area (Å²) in [5.74, 6) is -1.81. The highest BCUT2D eigenvalue weighted by molar-refractivity contribution is 6.32. The molecule has 0 fully saturated rings. The van der Waals surface area contributed by atoms with E-state index in [2.05, 4.69) is 4.99 Å². The van der Waals surface area contributed by atoms with Gasteiger partial charge in [0.25, 0.3) is 0 Å². The Morgan fingerprint density at radius 3 is 2.59 bits per heavy atom. The lowest BCUT2D eigenvalue weighted by molar-refractivity contribution is -0.268. The molecule has 2 aromatic rings. The maximum absolute atomic E-state index is 12.0. The van der Waals surface area contributed by atoms with E-state index < -0.39 is 5.97 Å². The van der Waals surface area contributed by atoms with E-state index in [1.165, 1.54) is 30.5 Å². The molecular weight excluding hydrogens is 306 g/mol. The van der Waals surface area contributed by atoms with Crippen LogP contribution in [0.25, 0.3) is 0 Å². The lowest BCUT2D eigenvalue weighted by Crippen LogP contribution is -2.01. The summed E-state index contributed by atoms with van der Waals surface area (Å²) in [7, 11) is 0. The number of nitrogens with zero attached hydrogens (tertiary/aromatic N) is 1. The van der Waals surface area contributed by atoms with Gasteiger partial charge in [-0.05, 0) is 42.7 Å². The van der Waals surface area contributed by atoms with Gasteiger partial charge < -0.3 is 15.3 Å². The Labute approximate surface area is 132 Å². The van der Waals surface area contributed by atoms with Crippen molar-refractivity contribution >= 4 is 29.5 Å². The Hall–Kier alpha value is -2.53. The predicted molar refractivity (Wildman–Crippen MR) is 82.7 cm³/mol. The van der Waals surface area contributed by atoms with Crippen LogP contribution in [0.15, 0.2) is 29.3 Å². The highest BCUT2D eigenvalue weighted by Crippen LogP contribution is 2.29. The molecule has 0 aliphatic rings. The fraction of sp³-hybridized carbons (Fsp3) is 0.125. The van der Waals surface area contributed by atoms with Crippen LogP contribution < -0.4 is 5.11 Å². The molecule has 22 heavy (non-hydrogen) atoms. The third-order valence-corrected chi connectivity index (χ3v) is 3.83. The van der Waals surface area contributed by atoms with Gasteiger partial charge in [0.05, 0.1) is 5.69 Å². The zero-order chi connectivity index (χ0) is 16.4. The summed E-state index contributed by atoms with van der Waals surface area (Å²) in [6.07, 6.45) is 1.36. The average molecular weight is 319 g/mol. The molecule has 0 aliphatic heterocycles. The first-order chi connectivity index (χ1) is 10.3. The number of benzene rings is 2. The van der Waals surface area contributed by atoms with Gasteiger partial charge in [0.1, 0.15) is 11.3 Å². The number of carboxylic acid groups (broad SMARTS) is 1. The Morgan fingerprint density at radius 2 is 2.00 bits per heavy atom. The van der Waals surface area contributed by atoms with E-state index in [-0.39, 0.29) is 17.1 Å². The first-order valence-electron chi connectivity index (χ1n) is 6.38. The van der Waals surface area contributed by atoms with Gasteiger partial charge in [-0.25, -0.2) is 4.79 Å². The van der Waals surface area contributed by atoms with Crippen molar-refractivity contribution in [1.82, 2.24) is 0 Å². The number of aryl methyl sites for hydroxylation is 1. The summed E-state index contributed by atoms with van der Waals surface area (Å²) >= 11 is 6.11. The second-order valence-corrected chi connectivity index (χ2v) is 5.19. The van der Waals surface area contributed by atoms with E-state index in [1.807, 2.05) is 0 Å². The molecule has 6 heteroatoms. The number of aliphatic imine (C=N–C) groups is 1. The number of halogens is 1. The number of hydrogen-bond acceptors (Lipinski definition) is 4. The Kier molecular flexibility index (Phi) is 4.37. The highest BCUT2D eigenvalue weighted by atomic mass is 35.5. The fourth-order valence-electron chi connectivity index (χ4n) is 2.02. The van der Waals surface area contributed by atoms with Gasteiger partial charge >= 0.3 is 5.97 Å². The van der Waals surface area contributed by atoms with Gasteiger partial charge in [-0.3, -0.25) is 4.99 Å². The monoisotopic (exact) mass is 318 g/mol. The van der Waals surface area contributed by atoms with E-state index in [0.717, 1.165) is 0 Å². The maximum Gasteiger partial charge on any atom is 0.339 e. The van der Waals surface area contributed by atoms with Crippen LogP contribution in [-0.2, 0) is 0 Å². The van der Waals surface area contributed by atoms with Crippen LogP contribution in [-0.4, -0.2) is 22.4 Å². The second-order valence-electron chi connectivity index (χ2n) is 4.81. The maximum atomic E-state index is 12.0. The smallest absolute Gasteiger partial charge is 0.339 e. The number of carbonyl (C=O) groups is 1. The van der Waals surface area contributed by atoms with Crippen molar-refractivity contribution in [3.8, 4) is 11.5 Å². The van der Waals surface area contributed by atoms with Crippen LogP contribution in [0.2, 0.25) is 5.02 Å². The summed E-state index contributed by atoms with van der Waals surface area (Å²) in [6, 6.07) is 5.34. The van der Waals surface area contributed by atoms with Gasteiger partial charge in [0.15, 0.2) is 0 Å². The minimum atomic E-state index is -1.23. The third kappa shape index (κ3) is 3.04. The van der Waals surface area contributed by atoms with Crippen LogP contribution in [0.1, 0.15) is 27.0 Å². The molecule has 2 rings (SSSR count). The van der Waals surface area contributed by atoms with Crippen LogP contribution in [0.3, 0.4) is 0 Å². The summed E-state index contributed by atoms with van der Waals surface area (Å²) in [6.45, 7) is 3.48. The standard InChI is InChI=1S/C16H14ClNO4/c1-8-5-13(19)12(9(2)15(8)17)7-18-10-3-4-11(16(21)22)14(20)6-10/h3-7,19-20H,1-2H3,(H,21,22)/p-1. The van der Waals surface area contributed by atoms with Crippen molar-refractivity contribution in [3.05, 3.63) is 51.5 Å². The van der Waals surface area contributed by atoms with Crippen molar-refractivity contribution in [2.75, 3.05) is 0 Å². The molecule has 0 saturated heterocycles. The van der Waals surface area contributed by atoms with Gasteiger partial charge in [-0.1, -0.05) is 23.4 Å². The molecule has 0 unspecified atom stereocenters. The highest BCUT2D eigenvalue weighted by Gasteiger charge is 2.09. The normalized spacial score (nSPS) is 11.0. The van der Waals surface area contributed by atoms with E-state index in [9.17, 15) is 15.0 Å². The number of carboxylic acids is 1. The average Bonchev–Trinajstić information content (AvgIpc) is 2.44. The lowest BCUT2D eigenvalue weighted by atomic mass is 10.0. The Balaban J connectivity index is 2.40. The zero-order valence-corrected chi connectivity index (χ0v) is 12.7. The summed E-state index contributed by atoms with van der Waals surface area (Å²) in [5.41, 5.74) is 1.81. The van der Waals surface area contributed by atoms with Crippen molar-refractivity contribution < 1.29 is 20.1 Å². The Bertz CT molecular complexity index is 784. The van der Waals surface area contributed by atoms with Crippen LogP contribution in [0.5, 0.6) is 11.5 Å². The lowest BCUT2D eigenvalue weighted by Gasteiger charge is -2.16. The van der Waals surface area contributed by atoms with E-state index in [1.54, 1.807) is 13.8 Å². The molecule has 2 aromatic carbocycles. The summed E-state index contributed by atoms with van der Waals surface area (Å²) in [5, 5.41) is 30.9. The number of aromatic carboxylic acids is 1. The predicted octanol–water partition coefficient (Wildman–Crippen LogP) is 3.18. The summed E-state index contributed by atoms with van der Waals surface area (Å²) < 4.78 is 0. The molecule has 0 heterocycles. The molecule has 0 radical (unpaired) electrons. The first-order valence-corrected chi connectivity index (χ1v) is 6.76. The fourth-order valence-corrected chi connectivity index (χ4v) is 2.17. The SMILES string of the molecule is Cc1cc([O-])c(C=Nc2ccc(C(=O)O)c(O)c2)c(C)c1Cl. The van der Waals surface area contributed by atoms with Gasteiger partial charge in [0.2, 0.25) is 0 Å². The third-order valence-electron chi connectivity index (χ3n) is 3.25. The number of aromatic hydroxyl groups is 1.